The summed E-state index contributed by atoms with van der Waals surface area (Å²) in [5, 5.41) is 6.21. The molecular weight excluding hydrogens is 576 g/mol. The van der Waals surface area contributed by atoms with Gasteiger partial charge in [0.2, 0.25) is 5.91 Å². The van der Waals surface area contributed by atoms with Gasteiger partial charge in [-0.05, 0) is 80.3 Å². The van der Waals surface area contributed by atoms with Gasteiger partial charge in [0.1, 0.15) is 6.04 Å². The fourth-order valence-electron chi connectivity index (χ4n) is 5.16. The summed E-state index contributed by atoms with van der Waals surface area (Å²) in [6.45, 7) is 12.4. The third kappa shape index (κ3) is 7.54. The molecule has 0 radical (unpaired) electrons. The monoisotopic (exact) mass is 622 g/mol. The minimum absolute atomic E-state index is 0.000216. The Hall–Kier alpha value is -4.76. The second-order valence-electron chi connectivity index (χ2n) is 13.3. The number of carbonyl (C=O) groups excluding carboxylic acids is 2. The van der Waals surface area contributed by atoms with Gasteiger partial charge in [0, 0.05) is 55.9 Å². The van der Waals surface area contributed by atoms with E-state index in [1.54, 1.807) is 32.2 Å². The van der Waals surface area contributed by atoms with E-state index in [0.29, 0.717) is 22.6 Å². The summed E-state index contributed by atoms with van der Waals surface area (Å²) in [5.41, 5.74) is 5.84. The van der Waals surface area contributed by atoms with Gasteiger partial charge in [-0.15, -0.1) is 0 Å². The molecule has 1 aromatic heterocycles. The van der Waals surface area contributed by atoms with E-state index >= 15 is 0 Å². The number of amides is 2. The Morgan fingerprint density at radius 1 is 0.913 bits per heavy atom. The van der Waals surface area contributed by atoms with Gasteiger partial charge >= 0.3 is 0 Å². The quantitative estimate of drug-likeness (QED) is 0.221. The number of hydrogen-bond donors (Lipinski definition) is 2. The Balaban J connectivity index is 1.60. The SMILES string of the molecule is Cc1c(NC(=O)c2ccc(C(C)(C)C)cc2)cccc1-c1cn(C)c(=O)c(Nc2ccc([C@H](C(=O)N(C)C)N(C)C(C)C)cc2)n1. The van der Waals surface area contributed by atoms with Crippen molar-refractivity contribution < 1.29 is 9.59 Å². The molecule has 0 saturated heterocycles. The first-order chi connectivity index (χ1) is 21.6. The molecule has 0 spiro atoms. The smallest absolute Gasteiger partial charge is 0.293 e. The molecule has 0 saturated carbocycles. The predicted molar refractivity (Wildman–Crippen MR) is 187 cm³/mol. The van der Waals surface area contributed by atoms with Gasteiger partial charge < -0.3 is 20.1 Å². The molecule has 9 nitrogen and oxygen atoms in total. The zero-order valence-corrected chi connectivity index (χ0v) is 28.6. The lowest BCUT2D eigenvalue weighted by Gasteiger charge is -2.32. The molecule has 1 atom stereocenters. The summed E-state index contributed by atoms with van der Waals surface area (Å²) in [4.78, 5) is 47.6. The van der Waals surface area contributed by atoms with Gasteiger partial charge in [0.25, 0.3) is 11.5 Å². The van der Waals surface area contributed by atoms with Crippen LogP contribution in [0.3, 0.4) is 0 Å². The Morgan fingerprint density at radius 3 is 2.11 bits per heavy atom. The number of aryl methyl sites for hydroxylation is 1. The Kier molecular flexibility index (Phi) is 10.2. The summed E-state index contributed by atoms with van der Waals surface area (Å²) in [6.07, 6.45) is 1.69. The molecule has 2 N–H and O–H groups in total. The number of aromatic nitrogens is 2. The van der Waals surface area contributed by atoms with Crippen LogP contribution in [-0.4, -0.2) is 58.4 Å². The van der Waals surface area contributed by atoms with E-state index < -0.39 is 6.04 Å². The number of nitrogens with zero attached hydrogens (tertiary/aromatic N) is 4. The van der Waals surface area contributed by atoms with Crippen molar-refractivity contribution in [3.05, 3.63) is 106 Å². The van der Waals surface area contributed by atoms with E-state index in [1.165, 1.54) is 4.57 Å². The molecular formula is C37H46N6O3. The second kappa shape index (κ2) is 13.7. The molecule has 4 rings (SSSR count). The standard InChI is InChI=1S/C37H46N6O3/c1-23(2)43(10)32(35(45)41(7)8)25-16-20-28(21-17-25)38-33-36(46)42(9)22-31(39-33)29-12-11-13-30(24(29)3)40-34(44)26-14-18-27(19-15-26)37(4,5)6/h11-23,32H,1-10H3,(H,38,39)(H,40,44)/t32-/m1/s1. The highest BCUT2D eigenvalue weighted by atomic mass is 16.2. The maximum atomic E-state index is 13.1. The number of benzene rings is 3. The molecule has 1 heterocycles. The lowest BCUT2D eigenvalue weighted by molar-refractivity contribution is -0.134. The summed E-state index contributed by atoms with van der Waals surface area (Å²) in [6, 6.07) is 20.5. The number of likely N-dealkylation sites (N-methyl/N-ethyl adjacent to an activating group) is 2. The molecule has 46 heavy (non-hydrogen) atoms. The average molecular weight is 623 g/mol. The number of hydrogen-bond acceptors (Lipinski definition) is 6. The third-order valence-electron chi connectivity index (χ3n) is 8.33. The van der Waals surface area contributed by atoms with Crippen LogP contribution in [0.5, 0.6) is 0 Å². The van der Waals surface area contributed by atoms with Crippen molar-refractivity contribution in [3.8, 4) is 11.3 Å². The van der Waals surface area contributed by atoms with Gasteiger partial charge in [0.15, 0.2) is 5.82 Å². The molecule has 2 amide bonds. The molecule has 9 heteroatoms. The van der Waals surface area contributed by atoms with Crippen molar-refractivity contribution in [1.29, 1.82) is 0 Å². The van der Waals surface area contributed by atoms with Crippen molar-refractivity contribution in [1.82, 2.24) is 19.4 Å². The zero-order chi connectivity index (χ0) is 33.9. The molecule has 0 aliphatic rings. The van der Waals surface area contributed by atoms with Gasteiger partial charge in [-0.3, -0.25) is 19.3 Å². The lowest BCUT2D eigenvalue weighted by atomic mass is 9.86. The average Bonchev–Trinajstić information content (AvgIpc) is 3.00. The van der Waals surface area contributed by atoms with Gasteiger partial charge in [0.05, 0.1) is 5.69 Å². The normalized spacial score (nSPS) is 12.3. The van der Waals surface area contributed by atoms with Crippen LogP contribution in [-0.2, 0) is 17.3 Å². The van der Waals surface area contributed by atoms with E-state index in [9.17, 15) is 14.4 Å². The Morgan fingerprint density at radius 2 is 1.54 bits per heavy atom. The molecule has 0 fully saturated rings. The molecule has 0 aliphatic carbocycles. The maximum Gasteiger partial charge on any atom is 0.293 e. The molecule has 0 aliphatic heterocycles. The lowest BCUT2D eigenvalue weighted by Crippen LogP contribution is -2.41. The molecule has 242 valence electrons. The van der Waals surface area contributed by atoms with Crippen molar-refractivity contribution >= 4 is 29.0 Å². The minimum Gasteiger partial charge on any atom is -0.347 e. The van der Waals surface area contributed by atoms with Crippen molar-refractivity contribution in [2.75, 3.05) is 31.8 Å². The first kappa shape index (κ1) is 34.1. The largest absolute Gasteiger partial charge is 0.347 e. The van der Waals surface area contributed by atoms with Crippen LogP contribution in [0.2, 0.25) is 0 Å². The van der Waals surface area contributed by atoms with Crippen LogP contribution in [0.1, 0.15) is 67.7 Å². The van der Waals surface area contributed by atoms with E-state index in [2.05, 4.69) is 45.3 Å². The Bertz CT molecular complexity index is 1770. The first-order valence-electron chi connectivity index (χ1n) is 15.5. The molecule has 0 bridgehead atoms. The molecule has 0 unspecified atom stereocenters. The van der Waals surface area contributed by atoms with Crippen LogP contribution in [0, 0.1) is 6.92 Å². The van der Waals surface area contributed by atoms with Crippen LogP contribution < -0.4 is 16.2 Å². The summed E-state index contributed by atoms with van der Waals surface area (Å²) >= 11 is 0. The van der Waals surface area contributed by atoms with E-state index in [4.69, 9.17) is 4.98 Å². The number of carbonyl (C=O) groups is 2. The van der Waals surface area contributed by atoms with Crippen LogP contribution in [0.4, 0.5) is 17.2 Å². The topological polar surface area (TPSA) is 99.6 Å². The van der Waals surface area contributed by atoms with Crippen LogP contribution in [0.25, 0.3) is 11.3 Å². The first-order valence-corrected chi connectivity index (χ1v) is 15.5. The third-order valence-corrected chi connectivity index (χ3v) is 8.33. The fraction of sp³-hybridized carbons (Fsp3) is 0.351. The summed E-state index contributed by atoms with van der Waals surface area (Å²) < 4.78 is 1.49. The van der Waals surface area contributed by atoms with E-state index in [0.717, 1.165) is 22.3 Å². The highest BCUT2D eigenvalue weighted by Gasteiger charge is 2.28. The summed E-state index contributed by atoms with van der Waals surface area (Å²) in [5.74, 6) is -0.0397. The predicted octanol–water partition coefficient (Wildman–Crippen LogP) is 6.52. The molecule has 4 aromatic rings. The Labute approximate surface area is 272 Å². The fourth-order valence-corrected chi connectivity index (χ4v) is 5.16. The van der Waals surface area contributed by atoms with Crippen molar-refractivity contribution in [3.63, 3.8) is 0 Å². The van der Waals surface area contributed by atoms with Crippen LogP contribution in [0.15, 0.2) is 77.7 Å². The molecule has 3 aromatic carbocycles. The highest BCUT2D eigenvalue weighted by molar-refractivity contribution is 6.05. The van der Waals surface area contributed by atoms with Gasteiger partial charge in [-0.25, -0.2) is 4.98 Å². The number of rotatable bonds is 9. The van der Waals surface area contributed by atoms with Crippen LogP contribution >= 0.6 is 0 Å². The van der Waals surface area contributed by atoms with Gasteiger partial charge in [-0.1, -0.05) is 57.2 Å². The summed E-state index contributed by atoms with van der Waals surface area (Å²) in [7, 11) is 7.13. The van der Waals surface area contributed by atoms with E-state index in [1.807, 2.05) is 85.6 Å². The van der Waals surface area contributed by atoms with Gasteiger partial charge in [-0.2, -0.15) is 0 Å². The number of nitrogens with one attached hydrogen (secondary N) is 2. The maximum absolute atomic E-state index is 13.1. The second-order valence-corrected chi connectivity index (χ2v) is 13.3. The van der Waals surface area contributed by atoms with Crippen molar-refractivity contribution in [2.24, 2.45) is 7.05 Å². The highest BCUT2D eigenvalue weighted by Crippen LogP contribution is 2.30. The van der Waals surface area contributed by atoms with Crippen molar-refractivity contribution in [2.45, 2.75) is 59.0 Å². The minimum atomic E-state index is -0.433. The number of anilines is 3. The van der Waals surface area contributed by atoms with E-state index in [-0.39, 0.29) is 34.6 Å². The zero-order valence-electron chi connectivity index (χ0n) is 28.6.